The molecule has 0 radical (unpaired) electrons. The quantitative estimate of drug-likeness (QED) is 0.613. The maximum atomic E-state index is 12.2. The van der Waals surface area contributed by atoms with Crippen LogP contribution in [0.1, 0.15) is 46.0 Å². The average Bonchev–Trinajstić information content (AvgIpc) is 2.77. The Morgan fingerprint density at radius 2 is 2.29 bits per heavy atom. The van der Waals surface area contributed by atoms with E-state index in [1.54, 1.807) is 0 Å². The first-order chi connectivity index (χ1) is 6.56. The highest BCUT2D eigenvalue weighted by Gasteiger charge is 2.59. The van der Waals surface area contributed by atoms with Gasteiger partial charge in [0.05, 0.1) is 0 Å². The Bertz CT molecular complexity index is 279. The van der Waals surface area contributed by atoms with Crippen LogP contribution in [0.2, 0.25) is 0 Å². The van der Waals surface area contributed by atoms with Crippen LogP contribution in [0, 0.1) is 17.3 Å². The smallest absolute Gasteiger partial charge is 0.142 e. The van der Waals surface area contributed by atoms with E-state index in [0.29, 0.717) is 17.6 Å². The minimum atomic E-state index is 0.0434. The van der Waals surface area contributed by atoms with E-state index in [-0.39, 0.29) is 5.41 Å². The molecule has 0 aromatic rings. The van der Waals surface area contributed by atoms with Crippen molar-refractivity contribution in [1.29, 1.82) is 0 Å². The standard InChI is InChI=1S/C13H20O/c1-9(2)7-13-8-11(13)6-4-5-10(3)12(13)14/h10-11H,1,4-8H2,2-3H3/t10?,11-,13+/m1/s1. The second kappa shape index (κ2) is 3.22. The number of allylic oxidation sites excluding steroid dienone is 1. The van der Waals surface area contributed by atoms with Gasteiger partial charge in [-0.2, -0.15) is 0 Å². The summed E-state index contributed by atoms with van der Waals surface area (Å²) >= 11 is 0. The van der Waals surface area contributed by atoms with Crippen LogP contribution in [0.15, 0.2) is 12.2 Å². The molecule has 0 amide bonds. The van der Waals surface area contributed by atoms with Crippen molar-refractivity contribution in [2.75, 3.05) is 0 Å². The molecular formula is C13H20O. The fraction of sp³-hybridized carbons (Fsp3) is 0.769. The normalized spacial score (nSPS) is 41.4. The van der Waals surface area contributed by atoms with Gasteiger partial charge in [-0.15, -0.1) is 6.58 Å². The van der Waals surface area contributed by atoms with Crippen LogP contribution in [0.25, 0.3) is 0 Å². The zero-order chi connectivity index (χ0) is 10.3. The third-order valence-electron chi connectivity index (χ3n) is 3.98. The third kappa shape index (κ3) is 1.43. The molecule has 0 heterocycles. The van der Waals surface area contributed by atoms with Gasteiger partial charge >= 0.3 is 0 Å². The summed E-state index contributed by atoms with van der Waals surface area (Å²) in [5.74, 6) is 1.52. The van der Waals surface area contributed by atoms with Crippen molar-refractivity contribution in [2.24, 2.45) is 17.3 Å². The minimum Gasteiger partial charge on any atom is -0.299 e. The molecule has 78 valence electrons. The molecule has 14 heavy (non-hydrogen) atoms. The van der Waals surface area contributed by atoms with E-state index in [0.717, 1.165) is 19.3 Å². The first-order valence-electron chi connectivity index (χ1n) is 5.75. The maximum absolute atomic E-state index is 12.2. The van der Waals surface area contributed by atoms with Crippen molar-refractivity contribution in [2.45, 2.75) is 46.0 Å². The van der Waals surface area contributed by atoms with Crippen LogP contribution in [0.3, 0.4) is 0 Å². The molecule has 0 aromatic heterocycles. The fourth-order valence-electron chi connectivity index (χ4n) is 3.20. The van der Waals surface area contributed by atoms with E-state index >= 15 is 0 Å². The van der Waals surface area contributed by atoms with Crippen LogP contribution < -0.4 is 0 Å². The van der Waals surface area contributed by atoms with E-state index in [9.17, 15) is 4.79 Å². The summed E-state index contributed by atoms with van der Waals surface area (Å²) in [6.07, 6.45) is 5.70. The summed E-state index contributed by atoms with van der Waals surface area (Å²) in [6.45, 7) is 8.11. The van der Waals surface area contributed by atoms with Crippen molar-refractivity contribution in [3.8, 4) is 0 Å². The number of Topliss-reactive ketones (excluding diaryl/α,β-unsaturated/α-hetero) is 1. The van der Waals surface area contributed by atoms with Crippen LogP contribution >= 0.6 is 0 Å². The van der Waals surface area contributed by atoms with Gasteiger partial charge in [-0.1, -0.05) is 18.9 Å². The number of fused-ring (bicyclic) bond motifs is 1. The molecule has 1 heteroatoms. The van der Waals surface area contributed by atoms with E-state index in [2.05, 4.69) is 13.5 Å². The predicted molar refractivity (Wildman–Crippen MR) is 58.0 cm³/mol. The Hall–Kier alpha value is -0.590. The SMILES string of the molecule is C=C(C)C[C@]12C[C@H]1CCCC(C)C2=O. The second-order valence-corrected chi connectivity index (χ2v) is 5.39. The van der Waals surface area contributed by atoms with Crippen LogP contribution in [-0.4, -0.2) is 5.78 Å². The van der Waals surface area contributed by atoms with Crippen molar-refractivity contribution < 1.29 is 4.79 Å². The molecule has 0 saturated heterocycles. The Morgan fingerprint density at radius 1 is 1.57 bits per heavy atom. The lowest BCUT2D eigenvalue weighted by atomic mass is 9.85. The zero-order valence-corrected chi connectivity index (χ0v) is 9.31. The molecule has 0 bridgehead atoms. The summed E-state index contributed by atoms with van der Waals surface area (Å²) in [6, 6.07) is 0. The van der Waals surface area contributed by atoms with Crippen LogP contribution in [-0.2, 0) is 4.79 Å². The molecule has 2 rings (SSSR count). The molecular weight excluding hydrogens is 172 g/mol. The molecule has 0 N–H and O–H groups in total. The van der Waals surface area contributed by atoms with Crippen molar-refractivity contribution in [3.63, 3.8) is 0 Å². The number of rotatable bonds is 2. The highest BCUT2D eigenvalue weighted by Crippen LogP contribution is 2.62. The summed E-state index contributed by atoms with van der Waals surface area (Å²) in [5.41, 5.74) is 1.22. The Kier molecular flexibility index (Phi) is 2.29. The van der Waals surface area contributed by atoms with E-state index in [4.69, 9.17) is 0 Å². The first kappa shape index (κ1) is 9.95. The summed E-state index contributed by atoms with van der Waals surface area (Å²) < 4.78 is 0. The number of hydrogen-bond donors (Lipinski definition) is 0. The number of ketones is 1. The maximum Gasteiger partial charge on any atom is 0.142 e. The van der Waals surface area contributed by atoms with Gasteiger partial charge in [0, 0.05) is 11.3 Å². The Morgan fingerprint density at radius 3 is 2.93 bits per heavy atom. The van der Waals surface area contributed by atoms with Gasteiger partial charge in [0.15, 0.2) is 0 Å². The molecule has 0 aliphatic heterocycles. The fourth-order valence-corrected chi connectivity index (χ4v) is 3.20. The Labute approximate surface area is 86.6 Å². The van der Waals surface area contributed by atoms with Gasteiger partial charge in [-0.05, 0) is 38.5 Å². The largest absolute Gasteiger partial charge is 0.299 e. The molecule has 2 saturated carbocycles. The Balaban J connectivity index is 2.18. The lowest BCUT2D eigenvalue weighted by Crippen LogP contribution is -2.23. The molecule has 3 atom stereocenters. The molecule has 0 aromatic carbocycles. The van der Waals surface area contributed by atoms with Gasteiger partial charge in [0.25, 0.3) is 0 Å². The summed E-state index contributed by atoms with van der Waals surface area (Å²) in [4.78, 5) is 12.2. The summed E-state index contributed by atoms with van der Waals surface area (Å²) in [5, 5.41) is 0. The molecule has 0 spiro atoms. The lowest BCUT2D eigenvalue weighted by Gasteiger charge is -2.17. The highest BCUT2D eigenvalue weighted by molar-refractivity contribution is 5.90. The monoisotopic (exact) mass is 192 g/mol. The van der Waals surface area contributed by atoms with E-state index < -0.39 is 0 Å². The van der Waals surface area contributed by atoms with Crippen molar-refractivity contribution in [1.82, 2.24) is 0 Å². The average molecular weight is 192 g/mol. The van der Waals surface area contributed by atoms with Crippen molar-refractivity contribution in [3.05, 3.63) is 12.2 Å². The van der Waals surface area contributed by atoms with Gasteiger partial charge in [-0.25, -0.2) is 0 Å². The lowest BCUT2D eigenvalue weighted by molar-refractivity contribution is -0.127. The van der Waals surface area contributed by atoms with Gasteiger partial charge in [-0.3, -0.25) is 4.79 Å². The molecule has 1 nitrogen and oxygen atoms in total. The minimum absolute atomic E-state index is 0.0434. The van der Waals surface area contributed by atoms with Gasteiger partial charge < -0.3 is 0 Å². The first-order valence-corrected chi connectivity index (χ1v) is 5.75. The van der Waals surface area contributed by atoms with Gasteiger partial charge in [0.1, 0.15) is 5.78 Å². The third-order valence-corrected chi connectivity index (χ3v) is 3.98. The highest BCUT2D eigenvalue weighted by atomic mass is 16.1. The number of carbonyl (C=O) groups is 1. The topological polar surface area (TPSA) is 17.1 Å². The molecule has 2 aliphatic carbocycles. The molecule has 2 aliphatic rings. The zero-order valence-electron chi connectivity index (χ0n) is 9.31. The van der Waals surface area contributed by atoms with E-state index in [1.807, 2.05) is 6.92 Å². The number of hydrogen-bond acceptors (Lipinski definition) is 1. The van der Waals surface area contributed by atoms with Crippen LogP contribution in [0.4, 0.5) is 0 Å². The van der Waals surface area contributed by atoms with Gasteiger partial charge in [0.2, 0.25) is 0 Å². The predicted octanol–water partition coefficient (Wildman–Crippen LogP) is 3.35. The van der Waals surface area contributed by atoms with E-state index in [1.165, 1.54) is 18.4 Å². The summed E-state index contributed by atoms with van der Waals surface area (Å²) in [7, 11) is 0. The van der Waals surface area contributed by atoms with Crippen molar-refractivity contribution >= 4 is 5.78 Å². The van der Waals surface area contributed by atoms with Crippen LogP contribution in [0.5, 0.6) is 0 Å². The second-order valence-electron chi connectivity index (χ2n) is 5.39. The molecule has 2 fully saturated rings. The molecule has 1 unspecified atom stereocenters. The number of carbonyl (C=O) groups excluding carboxylic acids is 1.